The minimum Gasteiger partial charge on any atom is -0.326 e. The van der Waals surface area contributed by atoms with Gasteiger partial charge in [-0.3, -0.25) is 0 Å². The molecule has 3 heteroatoms. The van der Waals surface area contributed by atoms with Crippen LogP contribution in [-0.2, 0) is 6.54 Å². The van der Waals surface area contributed by atoms with Gasteiger partial charge in [0.15, 0.2) is 0 Å². The lowest BCUT2D eigenvalue weighted by Crippen LogP contribution is -2.27. The molecule has 1 saturated carbocycles. The van der Waals surface area contributed by atoms with E-state index in [-0.39, 0.29) is 0 Å². The fraction of sp³-hybridized carbons (Fsp3) is 0.533. The highest BCUT2D eigenvalue weighted by molar-refractivity contribution is 5.76. The predicted octanol–water partition coefficient (Wildman–Crippen LogP) is 2.67. The van der Waals surface area contributed by atoms with Crippen LogP contribution in [0.5, 0.6) is 0 Å². The van der Waals surface area contributed by atoms with E-state index in [1.54, 1.807) is 0 Å². The zero-order valence-corrected chi connectivity index (χ0v) is 10.6. The molecule has 2 aromatic rings. The first-order chi connectivity index (χ1) is 8.92. The zero-order valence-electron chi connectivity index (χ0n) is 10.6. The quantitative estimate of drug-likeness (QED) is 0.895. The van der Waals surface area contributed by atoms with E-state index in [1.807, 2.05) is 0 Å². The van der Waals surface area contributed by atoms with Crippen molar-refractivity contribution in [2.24, 2.45) is 0 Å². The average molecular weight is 241 g/mol. The number of para-hydroxylation sites is 2. The van der Waals surface area contributed by atoms with Gasteiger partial charge in [0.25, 0.3) is 0 Å². The van der Waals surface area contributed by atoms with Gasteiger partial charge in [0.2, 0.25) is 0 Å². The molecule has 2 aliphatic rings. The van der Waals surface area contributed by atoms with Crippen molar-refractivity contribution in [2.75, 3.05) is 6.54 Å². The van der Waals surface area contributed by atoms with Crippen LogP contribution in [0.2, 0.25) is 0 Å². The first-order valence-electron chi connectivity index (χ1n) is 7.10. The second-order valence-electron chi connectivity index (χ2n) is 5.64. The SMILES string of the molecule is c1ccc2c(c1)nc(C1CC1)n2C[C@@H]1CCCN1. The standard InChI is InChI=1S/C15H19N3/c1-2-6-14-13(5-1)17-15(11-7-8-11)18(14)10-12-4-3-9-16-12/h1-2,5-6,11-12,16H,3-4,7-10H2/t12-/m0/s1. The van der Waals surface area contributed by atoms with Crippen LogP contribution in [0.25, 0.3) is 11.0 Å². The minimum atomic E-state index is 0.639. The predicted molar refractivity (Wildman–Crippen MR) is 72.7 cm³/mol. The van der Waals surface area contributed by atoms with Crippen LogP contribution in [0, 0.1) is 0 Å². The van der Waals surface area contributed by atoms with Gasteiger partial charge in [-0.05, 0) is 44.4 Å². The Morgan fingerprint density at radius 2 is 2.11 bits per heavy atom. The fourth-order valence-electron chi connectivity index (χ4n) is 3.07. The van der Waals surface area contributed by atoms with Crippen LogP contribution in [0.4, 0.5) is 0 Å². The van der Waals surface area contributed by atoms with Crippen molar-refractivity contribution < 1.29 is 0 Å². The molecule has 0 spiro atoms. The van der Waals surface area contributed by atoms with Gasteiger partial charge in [-0.25, -0.2) is 4.98 Å². The van der Waals surface area contributed by atoms with Crippen molar-refractivity contribution in [3.05, 3.63) is 30.1 Å². The third-order valence-corrected chi connectivity index (χ3v) is 4.19. The lowest BCUT2D eigenvalue weighted by Gasteiger charge is -2.14. The fourth-order valence-corrected chi connectivity index (χ4v) is 3.07. The molecule has 3 nitrogen and oxygen atoms in total. The molecule has 2 fully saturated rings. The molecule has 1 atom stereocenters. The maximum Gasteiger partial charge on any atom is 0.113 e. The Morgan fingerprint density at radius 3 is 2.89 bits per heavy atom. The maximum absolute atomic E-state index is 4.85. The molecular weight excluding hydrogens is 222 g/mol. The Kier molecular flexibility index (Phi) is 2.40. The highest BCUT2D eigenvalue weighted by Crippen LogP contribution is 2.40. The summed E-state index contributed by atoms with van der Waals surface area (Å²) in [7, 11) is 0. The normalized spacial score (nSPS) is 23.9. The Balaban J connectivity index is 1.77. The van der Waals surface area contributed by atoms with Crippen molar-refractivity contribution in [3.8, 4) is 0 Å². The van der Waals surface area contributed by atoms with Crippen LogP contribution >= 0.6 is 0 Å². The van der Waals surface area contributed by atoms with Gasteiger partial charge in [0, 0.05) is 18.5 Å². The second kappa shape index (κ2) is 4.09. The third kappa shape index (κ3) is 1.74. The summed E-state index contributed by atoms with van der Waals surface area (Å²) in [6, 6.07) is 9.20. The molecule has 1 N–H and O–H groups in total. The molecule has 1 aromatic carbocycles. The molecule has 2 heterocycles. The number of fused-ring (bicyclic) bond motifs is 1. The smallest absolute Gasteiger partial charge is 0.113 e. The molecular formula is C15H19N3. The summed E-state index contributed by atoms with van der Waals surface area (Å²) in [5.41, 5.74) is 2.48. The van der Waals surface area contributed by atoms with Crippen molar-refractivity contribution in [2.45, 2.75) is 44.2 Å². The first-order valence-corrected chi connectivity index (χ1v) is 7.10. The van der Waals surface area contributed by atoms with Crippen LogP contribution in [0.15, 0.2) is 24.3 Å². The molecule has 0 radical (unpaired) electrons. The van der Waals surface area contributed by atoms with E-state index in [1.165, 1.54) is 43.6 Å². The van der Waals surface area contributed by atoms with E-state index >= 15 is 0 Å². The molecule has 1 aliphatic heterocycles. The van der Waals surface area contributed by atoms with E-state index < -0.39 is 0 Å². The Hall–Kier alpha value is -1.35. The largest absolute Gasteiger partial charge is 0.326 e. The molecule has 0 bridgehead atoms. The molecule has 94 valence electrons. The number of aromatic nitrogens is 2. The van der Waals surface area contributed by atoms with Crippen molar-refractivity contribution in [1.29, 1.82) is 0 Å². The van der Waals surface area contributed by atoms with Gasteiger partial charge in [-0.15, -0.1) is 0 Å². The number of hydrogen-bond donors (Lipinski definition) is 1. The summed E-state index contributed by atoms with van der Waals surface area (Å²) < 4.78 is 2.47. The van der Waals surface area contributed by atoms with Crippen LogP contribution < -0.4 is 5.32 Å². The molecule has 0 amide bonds. The highest BCUT2D eigenvalue weighted by atomic mass is 15.1. The Morgan fingerprint density at radius 1 is 1.22 bits per heavy atom. The number of hydrogen-bond acceptors (Lipinski definition) is 2. The topological polar surface area (TPSA) is 29.9 Å². The number of nitrogens with one attached hydrogen (secondary N) is 1. The summed E-state index contributed by atoms with van der Waals surface area (Å²) in [6.07, 6.45) is 5.26. The van der Waals surface area contributed by atoms with Gasteiger partial charge >= 0.3 is 0 Å². The molecule has 18 heavy (non-hydrogen) atoms. The first kappa shape index (κ1) is 10.6. The third-order valence-electron chi connectivity index (χ3n) is 4.19. The Bertz CT molecular complexity index is 562. The molecule has 1 aromatic heterocycles. The average Bonchev–Trinajstić information content (AvgIpc) is 2.99. The molecule has 4 rings (SSSR count). The summed E-state index contributed by atoms with van der Waals surface area (Å²) >= 11 is 0. The summed E-state index contributed by atoms with van der Waals surface area (Å²) in [4.78, 5) is 4.85. The van der Waals surface area contributed by atoms with Gasteiger partial charge in [-0.1, -0.05) is 12.1 Å². The van der Waals surface area contributed by atoms with E-state index in [0.29, 0.717) is 6.04 Å². The maximum atomic E-state index is 4.85. The summed E-state index contributed by atoms with van der Waals surface area (Å²) in [5, 5.41) is 3.60. The lowest BCUT2D eigenvalue weighted by molar-refractivity contribution is 0.505. The van der Waals surface area contributed by atoms with Gasteiger partial charge in [0.05, 0.1) is 11.0 Å². The van der Waals surface area contributed by atoms with Crippen LogP contribution in [0.3, 0.4) is 0 Å². The number of imidazole rings is 1. The van der Waals surface area contributed by atoms with Gasteiger partial charge < -0.3 is 9.88 Å². The highest BCUT2D eigenvalue weighted by Gasteiger charge is 2.30. The molecule has 1 aliphatic carbocycles. The minimum absolute atomic E-state index is 0.639. The molecule has 1 saturated heterocycles. The van der Waals surface area contributed by atoms with Crippen molar-refractivity contribution in [3.63, 3.8) is 0 Å². The second-order valence-corrected chi connectivity index (χ2v) is 5.64. The van der Waals surface area contributed by atoms with E-state index in [4.69, 9.17) is 4.98 Å². The summed E-state index contributed by atoms with van der Waals surface area (Å²) in [5.74, 6) is 2.05. The van der Waals surface area contributed by atoms with Crippen molar-refractivity contribution in [1.82, 2.24) is 14.9 Å². The van der Waals surface area contributed by atoms with Crippen LogP contribution in [0.1, 0.15) is 37.4 Å². The molecule has 0 unspecified atom stereocenters. The van der Waals surface area contributed by atoms with Crippen molar-refractivity contribution >= 4 is 11.0 Å². The van der Waals surface area contributed by atoms with Gasteiger partial charge in [0.1, 0.15) is 5.82 Å². The monoisotopic (exact) mass is 241 g/mol. The van der Waals surface area contributed by atoms with Crippen LogP contribution in [-0.4, -0.2) is 22.1 Å². The zero-order chi connectivity index (χ0) is 11.9. The van der Waals surface area contributed by atoms with Gasteiger partial charge in [-0.2, -0.15) is 0 Å². The lowest BCUT2D eigenvalue weighted by atomic mass is 10.2. The number of nitrogens with zero attached hydrogens (tertiary/aromatic N) is 2. The van der Waals surface area contributed by atoms with E-state index in [0.717, 1.165) is 18.0 Å². The van der Waals surface area contributed by atoms with E-state index in [9.17, 15) is 0 Å². The summed E-state index contributed by atoms with van der Waals surface area (Å²) in [6.45, 7) is 2.27. The number of benzene rings is 1. The number of rotatable bonds is 3. The van der Waals surface area contributed by atoms with E-state index in [2.05, 4.69) is 34.1 Å². The Labute approximate surface area is 107 Å².